The number of nitrogens with zero attached hydrogens (tertiary/aromatic N) is 1. The van der Waals surface area contributed by atoms with Crippen molar-refractivity contribution in [3.05, 3.63) is 29.6 Å². The van der Waals surface area contributed by atoms with Gasteiger partial charge in [0.2, 0.25) is 0 Å². The summed E-state index contributed by atoms with van der Waals surface area (Å²) in [4.78, 5) is 16.1. The number of carbonyl (C=O) groups excluding carboxylic acids is 1. The molecule has 0 spiro atoms. The second kappa shape index (κ2) is 6.47. The molecule has 1 aromatic rings. The van der Waals surface area contributed by atoms with Crippen LogP contribution in [0.1, 0.15) is 34.8 Å². The summed E-state index contributed by atoms with van der Waals surface area (Å²) in [7, 11) is 0. The van der Waals surface area contributed by atoms with Crippen molar-refractivity contribution in [2.75, 3.05) is 26.2 Å². The lowest BCUT2D eigenvalue weighted by atomic mass is 9.93. The number of aliphatic hydroxyl groups is 1. The molecule has 1 aromatic heterocycles. The molecule has 1 amide bonds. The van der Waals surface area contributed by atoms with Crippen molar-refractivity contribution in [3.63, 3.8) is 0 Å². The van der Waals surface area contributed by atoms with Gasteiger partial charge in [0.15, 0.2) is 0 Å². The molecule has 2 heterocycles. The zero-order valence-electron chi connectivity index (χ0n) is 10.4. The molecule has 5 heteroatoms. The van der Waals surface area contributed by atoms with Gasteiger partial charge in [-0.25, -0.2) is 0 Å². The average Bonchev–Trinajstić information content (AvgIpc) is 2.46. The number of carbonyl (C=O) groups is 1. The van der Waals surface area contributed by atoms with Crippen molar-refractivity contribution in [2.45, 2.75) is 18.8 Å². The van der Waals surface area contributed by atoms with E-state index in [1.165, 1.54) is 0 Å². The summed E-state index contributed by atoms with van der Waals surface area (Å²) in [6.07, 6.45) is 3.81. The topological polar surface area (TPSA) is 74.2 Å². The smallest absolute Gasteiger partial charge is 0.251 e. The molecule has 1 fully saturated rings. The molecule has 2 rings (SSSR count). The second-order valence-corrected chi connectivity index (χ2v) is 4.47. The van der Waals surface area contributed by atoms with Gasteiger partial charge < -0.3 is 15.7 Å². The molecule has 1 aliphatic heterocycles. The molecular formula is C13H19N3O2. The van der Waals surface area contributed by atoms with Crippen LogP contribution in [-0.4, -0.2) is 42.2 Å². The third kappa shape index (κ3) is 3.27. The SMILES string of the molecule is O=C(NCCO)c1ccnc(C2CCNCC2)c1. The van der Waals surface area contributed by atoms with Gasteiger partial charge in [0.1, 0.15) is 0 Å². The van der Waals surface area contributed by atoms with Crippen molar-refractivity contribution in [1.29, 1.82) is 0 Å². The van der Waals surface area contributed by atoms with Gasteiger partial charge in [-0.2, -0.15) is 0 Å². The van der Waals surface area contributed by atoms with Crippen LogP contribution in [-0.2, 0) is 0 Å². The summed E-state index contributed by atoms with van der Waals surface area (Å²) in [6, 6.07) is 3.57. The van der Waals surface area contributed by atoms with Crippen LogP contribution < -0.4 is 10.6 Å². The molecule has 1 saturated heterocycles. The number of rotatable bonds is 4. The maximum atomic E-state index is 11.8. The van der Waals surface area contributed by atoms with Gasteiger partial charge >= 0.3 is 0 Å². The fraction of sp³-hybridized carbons (Fsp3) is 0.538. The summed E-state index contributed by atoms with van der Waals surface area (Å²) in [5.74, 6) is 0.290. The van der Waals surface area contributed by atoms with Gasteiger partial charge in [0.05, 0.1) is 6.61 Å². The predicted molar refractivity (Wildman–Crippen MR) is 68.5 cm³/mol. The van der Waals surface area contributed by atoms with Crippen LogP contribution in [0.2, 0.25) is 0 Å². The first-order valence-electron chi connectivity index (χ1n) is 6.37. The van der Waals surface area contributed by atoms with E-state index in [1.807, 2.05) is 6.07 Å². The molecule has 0 unspecified atom stereocenters. The van der Waals surface area contributed by atoms with E-state index in [9.17, 15) is 4.79 Å². The minimum Gasteiger partial charge on any atom is -0.395 e. The van der Waals surface area contributed by atoms with E-state index in [1.54, 1.807) is 12.3 Å². The first-order valence-corrected chi connectivity index (χ1v) is 6.37. The molecule has 1 aliphatic rings. The van der Waals surface area contributed by atoms with Crippen molar-refractivity contribution in [3.8, 4) is 0 Å². The monoisotopic (exact) mass is 249 g/mol. The molecule has 0 radical (unpaired) electrons. The molecular weight excluding hydrogens is 230 g/mol. The number of amides is 1. The Bertz CT molecular complexity index is 403. The summed E-state index contributed by atoms with van der Waals surface area (Å²) in [5, 5.41) is 14.7. The molecule has 0 aromatic carbocycles. The molecule has 0 saturated carbocycles. The van der Waals surface area contributed by atoms with Crippen LogP contribution in [0, 0.1) is 0 Å². The van der Waals surface area contributed by atoms with Gasteiger partial charge in [0.25, 0.3) is 5.91 Å². The third-order valence-electron chi connectivity index (χ3n) is 3.20. The molecule has 0 aliphatic carbocycles. The third-order valence-corrected chi connectivity index (χ3v) is 3.20. The van der Waals surface area contributed by atoms with Gasteiger partial charge in [0, 0.05) is 29.9 Å². The Labute approximate surface area is 107 Å². The zero-order chi connectivity index (χ0) is 12.8. The number of piperidine rings is 1. The fourth-order valence-electron chi connectivity index (χ4n) is 2.20. The van der Waals surface area contributed by atoms with E-state index in [4.69, 9.17) is 5.11 Å². The number of aromatic nitrogens is 1. The number of hydrogen-bond acceptors (Lipinski definition) is 4. The van der Waals surface area contributed by atoms with E-state index in [2.05, 4.69) is 15.6 Å². The molecule has 5 nitrogen and oxygen atoms in total. The summed E-state index contributed by atoms with van der Waals surface area (Å²) in [6.45, 7) is 2.25. The highest BCUT2D eigenvalue weighted by Crippen LogP contribution is 2.23. The van der Waals surface area contributed by atoms with Crippen LogP contribution >= 0.6 is 0 Å². The van der Waals surface area contributed by atoms with Crippen molar-refractivity contribution in [2.24, 2.45) is 0 Å². The van der Waals surface area contributed by atoms with Gasteiger partial charge in [-0.3, -0.25) is 9.78 Å². The van der Waals surface area contributed by atoms with Gasteiger partial charge in [-0.1, -0.05) is 0 Å². The van der Waals surface area contributed by atoms with Gasteiger partial charge in [-0.15, -0.1) is 0 Å². The van der Waals surface area contributed by atoms with E-state index in [0.717, 1.165) is 31.6 Å². The zero-order valence-corrected chi connectivity index (χ0v) is 10.4. The Morgan fingerprint density at radius 2 is 2.28 bits per heavy atom. The summed E-state index contributed by atoms with van der Waals surface area (Å²) < 4.78 is 0. The normalized spacial score (nSPS) is 16.5. The Morgan fingerprint density at radius 1 is 1.50 bits per heavy atom. The minimum absolute atomic E-state index is 0.0437. The maximum absolute atomic E-state index is 11.8. The van der Waals surface area contributed by atoms with Crippen LogP contribution in [0.25, 0.3) is 0 Å². The second-order valence-electron chi connectivity index (χ2n) is 4.47. The standard InChI is InChI=1S/C13H19N3O2/c17-8-7-16-13(18)11-3-6-15-12(9-11)10-1-4-14-5-2-10/h3,6,9-10,14,17H,1-2,4-5,7-8H2,(H,16,18). The fourth-order valence-corrected chi connectivity index (χ4v) is 2.20. The Balaban J connectivity index is 2.06. The van der Waals surface area contributed by atoms with Crippen molar-refractivity contribution >= 4 is 5.91 Å². The summed E-state index contributed by atoms with van der Waals surface area (Å²) in [5.41, 5.74) is 1.61. The van der Waals surface area contributed by atoms with Crippen molar-refractivity contribution < 1.29 is 9.90 Å². The Kier molecular flexibility index (Phi) is 4.66. The quantitative estimate of drug-likeness (QED) is 0.716. The van der Waals surface area contributed by atoms with E-state index >= 15 is 0 Å². The first kappa shape index (κ1) is 13.0. The highest BCUT2D eigenvalue weighted by molar-refractivity contribution is 5.94. The largest absolute Gasteiger partial charge is 0.395 e. The Morgan fingerprint density at radius 3 is 3.00 bits per heavy atom. The van der Waals surface area contributed by atoms with E-state index in [0.29, 0.717) is 11.5 Å². The van der Waals surface area contributed by atoms with Crippen molar-refractivity contribution in [1.82, 2.24) is 15.6 Å². The molecule has 0 bridgehead atoms. The van der Waals surface area contributed by atoms with Crippen LogP contribution in [0.4, 0.5) is 0 Å². The summed E-state index contributed by atoms with van der Waals surface area (Å²) >= 11 is 0. The lowest BCUT2D eigenvalue weighted by Crippen LogP contribution is -2.28. The van der Waals surface area contributed by atoms with Gasteiger partial charge in [-0.05, 0) is 38.1 Å². The van der Waals surface area contributed by atoms with E-state index in [-0.39, 0.29) is 19.1 Å². The predicted octanol–water partition coefficient (Wildman–Crippen LogP) is 0.271. The van der Waals surface area contributed by atoms with Crippen LogP contribution in [0.3, 0.4) is 0 Å². The molecule has 0 atom stereocenters. The lowest BCUT2D eigenvalue weighted by molar-refractivity contribution is 0.0944. The number of aliphatic hydroxyl groups excluding tert-OH is 1. The van der Waals surface area contributed by atoms with Crippen LogP contribution in [0.15, 0.2) is 18.3 Å². The number of hydrogen-bond donors (Lipinski definition) is 3. The molecule has 18 heavy (non-hydrogen) atoms. The Hall–Kier alpha value is -1.46. The minimum atomic E-state index is -0.151. The average molecular weight is 249 g/mol. The van der Waals surface area contributed by atoms with Crippen LogP contribution in [0.5, 0.6) is 0 Å². The highest BCUT2D eigenvalue weighted by Gasteiger charge is 2.17. The number of nitrogens with one attached hydrogen (secondary N) is 2. The van der Waals surface area contributed by atoms with E-state index < -0.39 is 0 Å². The molecule has 3 N–H and O–H groups in total. The lowest BCUT2D eigenvalue weighted by Gasteiger charge is -2.22. The first-order chi connectivity index (χ1) is 8.81. The highest BCUT2D eigenvalue weighted by atomic mass is 16.3. The molecule has 98 valence electrons. The number of pyridine rings is 1. The maximum Gasteiger partial charge on any atom is 0.251 e.